The maximum atomic E-state index is 13.1. The highest BCUT2D eigenvalue weighted by molar-refractivity contribution is 6.35. The number of rotatable bonds is 5. The fourth-order valence-corrected chi connectivity index (χ4v) is 3.98. The second-order valence-electron chi connectivity index (χ2n) is 7.21. The smallest absolute Gasteiger partial charge is 0.339 e. The number of methoxy groups -OCH3 is 1. The van der Waals surface area contributed by atoms with Crippen molar-refractivity contribution in [1.82, 2.24) is 14.8 Å². The third-order valence-electron chi connectivity index (χ3n) is 5.02. The molecule has 0 fully saturated rings. The number of ether oxygens (including phenoxy) is 1. The van der Waals surface area contributed by atoms with Crippen molar-refractivity contribution >= 4 is 52.5 Å². The topological polar surface area (TPSA) is 86.1 Å². The van der Waals surface area contributed by atoms with Crippen LogP contribution in [0.4, 0.5) is 5.82 Å². The molecule has 0 saturated heterocycles. The largest absolute Gasteiger partial charge is 0.465 e. The molecule has 1 amide bonds. The molecule has 7 nitrogen and oxygen atoms in total. The Labute approximate surface area is 210 Å². The summed E-state index contributed by atoms with van der Waals surface area (Å²) < 4.78 is 6.26. The van der Waals surface area contributed by atoms with Gasteiger partial charge in [-0.05, 0) is 49.4 Å². The molecule has 0 saturated carbocycles. The van der Waals surface area contributed by atoms with Crippen molar-refractivity contribution in [1.29, 1.82) is 0 Å². The van der Waals surface area contributed by atoms with Crippen LogP contribution in [0.2, 0.25) is 15.1 Å². The molecular formula is C24H17Cl3N4O3. The van der Waals surface area contributed by atoms with E-state index < -0.39 is 11.9 Å². The van der Waals surface area contributed by atoms with E-state index in [9.17, 15) is 9.59 Å². The number of pyridine rings is 1. The number of nitrogens with one attached hydrogen (secondary N) is 1. The van der Waals surface area contributed by atoms with Crippen molar-refractivity contribution in [2.75, 3.05) is 12.4 Å². The molecule has 10 heteroatoms. The molecule has 2 aromatic heterocycles. The highest BCUT2D eigenvalue weighted by Gasteiger charge is 2.23. The number of amides is 1. The zero-order valence-electron chi connectivity index (χ0n) is 18.0. The lowest BCUT2D eigenvalue weighted by atomic mass is 10.1. The molecule has 0 aliphatic carbocycles. The summed E-state index contributed by atoms with van der Waals surface area (Å²) >= 11 is 18.6. The molecule has 1 N–H and O–H groups in total. The number of benzene rings is 2. The van der Waals surface area contributed by atoms with Crippen molar-refractivity contribution in [2.45, 2.75) is 6.92 Å². The van der Waals surface area contributed by atoms with Crippen molar-refractivity contribution in [3.05, 3.63) is 92.7 Å². The van der Waals surface area contributed by atoms with Crippen LogP contribution in [0.5, 0.6) is 0 Å². The van der Waals surface area contributed by atoms with Crippen LogP contribution < -0.4 is 5.32 Å². The third kappa shape index (κ3) is 4.77. The maximum Gasteiger partial charge on any atom is 0.339 e. The Balaban J connectivity index is 1.76. The number of halogens is 3. The second-order valence-corrected chi connectivity index (χ2v) is 8.49. The van der Waals surface area contributed by atoms with Gasteiger partial charge in [0, 0.05) is 27.4 Å². The van der Waals surface area contributed by atoms with E-state index in [0.29, 0.717) is 32.0 Å². The zero-order chi connectivity index (χ0) is 24.4. The molecule has 172 valence electrons. The second kappa shape index (κ2) is 9.85. The Bertz CT molecular complexity index is 1380. The van der Waals surface area contributed by atoms with Crippen LogP contribution >= 0.6 is 34.8 Å². The van der Waals surface area contributed by atoms with Crippen LogP contribution in [-0.2, 0) is 4.74 Å². The fraction of sp³-hybridized carbons (Fsp3) is 0.0833. The summed E-state index contributed by atoms with van der Waals surface area (Å²) in [7, 11) is 1.28. The molecule has 0 atom stereocenters. The fourth-order valence-electron chi connectivity index (χ4n) is 3.37. The standard InChI is InChI=1S/C24H17Cl3N4O3/c1-13-21(23(32)29-20-10-5-15(12-28-20)24(33)34-2)30-31(19-9-8-17(26)11-18(19)27)22(13)14-3-6-16(25)7-4-14/h3-12H,1-2H3,(H,28,29,32). The predicted molar refractivity (Wildman–Crippen MR) is 132 cm³/mol. The highest BCUT2D eigenvalue weighted by Crippen LogP contribution is 2.33. The molecule has 0 aliphatic heterocycles. The number of aromatic nitrogens is 3. The summed E-state index contributed by atoms with van der Waals surface area (Å²) in [6.45, 7) is 1.79. The van der Waals surface area contributed by atoms with Crippen LogP contribution in [0, 0.1) is 6.92 Å². The first-order valence-corrected chi connectivity index (χ1v) is 11.1. The average molecular weight is 516 g/mol. The third-order valence-corrected chi connectivity index (χ3v) is 5.81. The Hall–Kier alpha value is -3.39. The van der Waals surface area contributed by atoms with Gasteiger partial charge < -0.3 is 10.1 Å². The van der Waals surface area contributed by atoms with Gasteiger partial charge in [0.2, 0.25) is 0 Å². The SMILES string of the molecule is COC(=O)c1ccc(NC(=O)c2nn(-c3ccc(Cl)cc3Cl)c(-c3ccc(Cl)cc3)c2C)nc1. The number of nitrogens with zero attached hydrogens (tertiary/aromatic N) is 3. The Kier molecular flexibility index (Phi) is 6.88. The van der Waals surface area contributed by atoms with E-state index in [1.165, 1.54) is 25.4 Å². The predicted octanol–water partition coefficient (Wildman–Crippen LogP) is 6.24. The molecule has 0 unspecified atom stereocenters. The van der Waals surface area contributed by atoms with Gasteiger partial charge in [-0.2, -0.15) is 5.10 Å². The highest BCUT2D eigenvalue weighted by atomic mass is 35.5. The number of hydrogen-bond acceptors (Lipinski definition) is 5. The van der Waals surface area contributed by atoms with Crippen LogP contribution in [0.1, 0.15) is 26.4 Å². The lowest BCUT2D eigenvalue weighted by Crippen LogP contribution is -2.15. The first-order valence-electron chi connectivity index (χ1n) is 9.95. The van der Waals surface area contributed by atoms with Crippen LogP contribution in [0.15, 0.2) is 60.8 Å². The van der Waals surface area contributed by atoms with E-state index in [-0.39, 0.29) is 17.1 Å². The van der Waals surface area contributed by atoms with Crippen LogP contribution in [0.25, 0.3) is 16.9 Å². The van der Waals surface area contributed by atoms with Crippen molar-refractivity contribution in [2.24, 2.45) is 0 Å². The molecule has 4 rings (SSSR count). The first-order chi connectivity index (χ1) is 16.3. The van der Waals surface area contributed by atoms with E-state index in [1.807, 2.05) is 12.1 Å². The Morgan fingerprint density at radius 1 is 0.971 bits per heavy atom. The van der Waals surface area contributed by atoms with Crippen LogP contribution in [0.3, 0.4) is 0 Å². The van der Waals surface area contributed by atoms with Gasteiger partial charge in [0.05, 0.1) is 29.1 Å². The van der Waals surface area contributed by atoms with Crippen molar-refractivity contribution < 1.29 is 14.3 Å². The monoisotopic (exact) mass is 514 g/mol. The molecule has 2 aromatic carbocycles. The van der Waals surface area contributed by atoms with Gasteiger partial charge in [-0.1, -0.05) is 46.9 Å². The number of anilines is 1. The zero-order valence-corrected chi connectivity index (χ0v) is 20.2. The van der Waals surface area contributed by atoms with Crippen molar-refractivity contribution in [3.63, 3.8) is 0 Å². The summed E-state index contributed by atoms with van der Waals surface area (Å²) in [5, 5.41) is 8.70. The van der Waals surface area contributed by atoms with Gasteiger partial charge in [-0.3, -0.25) is 4.79 Å². The summed E-state index contributed by atoms with van der Waals surface area (Å²) in [6.07, 6.45) is 1.32. The van der Waals surface area contributed by atoms with Gasteiger partial charge in [-0.25, -0.2) is 14.5 Å². The van der Waals surface area contributed by atoms with E-state index >= 15 is 0 Å². The first kappa shape index (κ1) is 23.8. The van der Waals surface area contributed by atoms with Gasteiger partial charge >= 0.3 is 5.97 Å². The molecule has 4 aromatic rings. The normalized spacial score (nSPS) is 10.7. The number of hydrogen-bond donors (Lipinski definition) is 1. The number of carbonyl (C=O) groups is 2. The molecule has 2 heterocycles. The summed E-state index contributed by atoms with van der Waals surface area (Å²) in [4.78, 5) is 28.8. The number of esters is 1. The average Bonchev–Trinajstić information content (AvgIpc) is 3.16. The van der Waals surface area contributed by atoms with E-state index in [4.69, 9.17) is 34.8 Å². The van der Waals surface area contributed by atoms with E-state index in [0.717, 1.165) is 5.56 Å². The van der Waals surface area contributed by atoms with E-state index in [1.54, 1.807) is 41.9 Å². The Morgan fingerprint density at radius 3 is 2.29 bits per heavy atom. The van der Waals surface area contributed by atoms with Crippen molar-refractivity contribution in [3.8, 4) is 16.9 Å². The quantitative estimate of drug-likeness (QED) is 0.318. The molecule has 0 aliphatic rings. The minimum absolute atomic E-state index is 0.176. The van der Waals surface area contributed by atoms with E-state index in [2.05, 4.69) is 20.1 Å². The number of carbonyl (C=O) groups excluding carboxylic acids is 2. The van der Waals surface area contributed by atoms with Gasteiger partial charge in [0.1, 0.15) is 5.82 Å². The molecule has 0 radical (unpaired) electrons. The van der Waals surface area contributed by atoms with Gasteiger partial charge in [-0.15, -0.1) is 0 Å². The Morgan fingerprint density at radius 2 is 1.68 bits per heavy atom. The molecule has 0 spiro atoms. The molecular weight excluding hydrogens is 499 g/mol. The summed E-state index contributed by atoms with van der Waals surface area (Å²) in [6, 6.07) is 15.2. The molecule has 34 heavy (non-hydrogen) atoms. The summed E-state index contributed by atoms with van der Waals surface area (Å²) in [5.41, 5.74) is 3.08. The minimum Gasteiger partial charge on any atom is -0.465 e. The summed E-state index contributed by atoms with van der Waals surface area (Å²) in [5.74, 6) is -0.744. The van der Waals surface area contributed by atoms with Gasteiger partial charge in [0.25, 0.3) is 5.91 Å². The van der Waals surface area contributed by atoms with Crippen LogP contribution in [-0.4, -0.2) is 33.8 Å². The lowest BCUT2D eigenvalue weighted by molar-refractivity contribution is 0.0600. The van der Waals surface area contributed by atoms with Gasteiger partial charge in [0.15, 0.2) is 5.69 Å². The minimum atomic E-state index is -0.521. The molecule has 0 bridgehead atoms. The lowest BCUT2D eigenvalue weighted by Gasteiger charge is -2.11. The maximum absolute atomic E-state index is 13.1.